The Kier molecular flexibility index (Phi) is 7.99. The van der Waals surface area contributed by atoms with Crippen molar-refractivity contribution >= 4 is 17.7 Å². The van der Waals surface area contributed by atoms with Crippen LogP contribution in [0.2, 0.25) is 0 Å². The van der Waals surface area contributed by atoms with Gasteiger partial charge in [-0.25, -0.2) is 0 Å². The first-order valence-electron chi connectivity index (χ1n) is 5.08. The number of carbonyl (C=O) groups excluding carboxylic acids is 1. The molecule has 0 amide bonds. The van der Waals surface area contributed by atoms with Crippen molar-refractivity contribution in [1.82, 2.24) is 0 Å². The van der Waals surface area contributed by atoms with Crippen molar-refractivity contribution < 1.29 is 14.6 Å². The van der Waals surface area contributed by atoms with E-state index in [-0.39, 0.29) is 23.1 Å². The predicted molar refractivity (Wildman–Crippen MR) is 59.5 cm³/mol. The van der Waals surface area contributed by atoms with Gasteiger partial charge >= 0.3 is 5.97 Å². The van der Waals surface area contributed by atoms with Gasteiger partial charge in [-0.1, -0.05) is 20.3 Å². The van der Waals surface area contributed by atoms with Crippen LogP contribution in [0.4, 0.5) is 0 Å². The van der Waals surface area contributed by atoms with Gasteiger partial charge in [-0.15, -0.1) is 11.8 Å². The summed E-state index contributed by atoms with van der Waals surface area (Å²) < 4.78 is 4.96. The van der Waals surface area contributed by atoms with E-state index in [0.29, 0.717) is 6.61 Å². The van der Waals surface area contributed by atoms with Crippen molar-refractivity contribution in [3.05, 3.63) is 0 Å². The lowest BCUT2D eigenvalue weighted by Gasteiger charge is -2.17. The lowest BCUT2D eigenvalue weighted by atomic mass is 10.2. The normalized spacial score (nSPS) is 14.9. The SMILES string of the molecule is CCCC(SC(C)CO)C(=O)OCC. The van der Waals surface area contributed by atoms with Gasteiger partial charge in [0.15, 0.2) is 0 Å². The first-order valence-corrected chi connectivity index (χ1v) is 6.02. The van der Waals surface area contributed by atoms with E-state index in [4.69, 9.17) is 9.84 Å². The second kappa shape index (κ2) is 8.12. The summed E-state index contributed by atoms with van der Waals surface area (Å²) in [5.74, 6) is -0.153. The van der Waals surface area contributed by atoms with Gasteiger partial charge in [0, 0.05) is 5.25 Å². The minimum Gasteiger partial charge on any atom is -0.465 e. The lowest BCUT2D eigenvalue weighted by Crippen LogP contribution is -2.23. The molecule has 4 heteroatoms. The Morgan fingerprint density at radius 3 is 2.57 bits per heavy atom. The van der Waals surface area contributed by atoms with Crippen molar-refractivity contribution in [3.63, 3.8) is 0 Å². The van der Waals surface area contributed by atoms with Crippen molar-refractivity contribution in [1.29, 1.82) is 0 Å². The summed E-state index contributed by atoms with van der Waals surface area (Å²) in [4.78, 5) is 11.5. The predicted octanol–water partition coefficient (Wildman–Crippen LogP) is 1.83. The minimum absolute atomic E-state index is 0.0935. The molecular formula is C10H20O3S. The molecule has 0 aliphatic heterocycles. The highest BCUT2D eigenvalue weighted by Crippen LogP contribution is 2.22. The fourth-order valence-corrected chi connectivity index (χ4v) is 2.26. The Morgan fingerprint density at radius 1 is 1.50 bits per heavy atom. The third-order valence-corrected chi connectivity index (χ3v) is 3.12. The van der Waals surface area contributed by atoms with E-state index in [1.54, 1.807) is 6.92 Å². The highest BCUT2D eigenvalue weighted by molar-refractivity contribution is 8.01. The molecule has 0 saturated carbocycles. The van der Waals surface area contributed by atoms with Crippen molar-refractivity contribution in [2.45, 2.75) is 44.1 Å². The molecule has 0 bridgehead atoms. The number of thioether (sulfide) groups is 1. The summed E-state index contributed by atoms with van der Waals surface area (Å²) in [5, 5.41) is 8.86. The van der Waals surface area contributed by atoms with Crippen LogP contribution in [0.5, 0.6) is 0 Å². The number of rotatable bonds is 7. The van der Waals surface area contributed by atoms with Crippen molar-refractivity contribution in [3.8, 4) is 0 Å². The van der Waals surface area contributed by atoms with E-state index < -0.39 is 0 Å². The molecule has 14 heavy (non-hydrogen) atoms. The summed E-state index contributed by atoms with van der Waals surface area (Å²) in [6.45, 7) is 6.28. The van der Waals surface area contributed by atoms with Crippen molar-refractivity contribution in [2.75, 3.05) is 13.2 Å². The average Bonchev–Trinajstić information content (AvgIpc) is 2.17. The van der Waals surface area contributed by atoms with Gasteiger partial charge in [-0.05, 0) is 13.3 Å². The largest absolute Gasteiger partial charge is 0.465 e. The molecule has 0 radical (unpaired) electrons. The fraction of sp³-hybridized carbons (Fsp3) is 0.900. The summed E-state index contributed by atoms with van der Waals surface area (Å²) in [6, 6.07) is 0. The Labute approximate surface area is 90.2 Å². The van der Waals surface area contributed by atoms with E-state index in [1.807, 2.05) is 13.8 Å². The molecule has 2 unspecified atom stereocenters. The number of aliphatic hydroxyl groups is 1. The lowest BCUT2D eigenvalue weighted by molar-refractivity contribution is -0.142. The number of carbonyl (C=O) groups is 1. The molecule has 1 N–H and O–H groups in total. The van der Waals surface area contributed by atoms with E-state index in [9.17, 15) is 4.79 Å². The number of esters is 1. The van der Waals surface area contributed by atoms with Gasteiger partial charge in [0.1, 0.15) is 5.25 Å². The third kappa shape index (κ3) is 5.50. The minimum atomic E-state index is -0.153. The molecule has 0 saturated heterocycles. The zero-order valence-electron chi connectivity index (χ0n) is 9.16. The smallest absolute Gasteiger partial charge is 0.319 e. The highest BCUT2D eigenvalue weighted by atomic mass is 32.2. The maximum absolute atomic E-state index is 11.5. The number of aliphatic hydroxyl groups excluding tert-OH is 1. The molecular weight excluding hydrogens is 200 g/mol. The van der Waals surface area contributed by atoms with Crippen molar-refractivity contribution in [2.24, 2.45) is 0 Å². The third-order valence-electron chi connectivity index (χ3n) is 1.75. The van der Waals surface area contributed by atoms with Gasteiger partial charge in [0.25, 0.3) is 0 Å². The molecule has 84 valence electrons. The van der Waals surface area contributed by atoms with Crippen LogP contribution < -0.4 is 0 Å². The van der Waals surface area contributed by atoms with Crippen LogP contribution in [0.1, 0.15) is 33.6 Å². The Hall–Kier alpha value is -0.220. The van der Waals surface area contributed by atoms with E-state index in [2.05, 4.69) is 0 Å². The molecule has 0 fully saturated rings. The van der Waals surface area contributed by atoms with Crippen LogP contribution in [0, 0.1) is 0 Å². The van der Waals surface area contributed by atoms with Gasteiger partial charge in [0.2, 0.25) is 0 Å². The van der Waals surface area contributed by atoms with Crippen LogP contribution >= 0.6 is 11.8 Å². The molecule has 0 aliphatic carbocycles. The molecule has 0 aromatic heterocycles. The van der Waals surface area contributed by atoms with Crippen LogP contribution in [-0.4, -0.2) is 34.8 Å². The number of hydrogen-bond acceptors (Lipinski definition) is 4. The Balaban J connectivity index is 4.06. The van der Waals surface area contributed by atoms with Gasteiger partial charge in [0.05, 0.1) is 13.2 Å². The van der Waals surface area contributed by atoms with Crippen LogP contribution in [0.25, 0.3) is 0 Å². The molecule has 0 rings (SSSR count). The zero-order chi connectivity index (χ0) is 11.0. The van der Waals surface area contributed by atoms with Crippen LogP contribution in [0.3, 0.4) is 0 Å². The van der Waals surface area contributed by atoms with Gasteiger partial charge in [-0.3, -0.25) is 4.79 Å². The molecule has 0 spiro atoms. The average molecular weight is 220 g/mol. The van der Waals surface area contributed by atoms with Crippen LogP contribution in [-0.2, 0) is 9.53 Å². The molecule has 0 heterocycles. The van der Waals surface area contributed by atoms with Gasteiger partial charge in [-0.2, -0.15) is 0 Å². The maximum Gasteiger partial charge on any atom is 0.319 e. The summed E-state index contributed by atoms with van der Waals surface area (Å²) >= 11 is 1.49. The van der Waals surface area contributed by atoms with E-state index in [0.717, 1.165) is 12.8 Å². The Morgan fingerprint density at radius 2 is 2.14 bits per heavy atom. The number of ether oxygens (including phenoxy) is 1. The zero-order valence-corrected chi connectivity index (χ0v) is 9.97. The molecule has 0 aromatic carbocycles. The first kappa shape index (κ1) is 13.8. The highest BCUT2D eigenvalue weighted by Gasteiger charge is 2.21. The van der Waals surface area contributed by atoms with Crippen LogP contribution in [0.15, 0.2) is 0 Å². The molecule has 3 nitrogen and oxygen atoms in total. The molecule has 2 atom stereocenters. The second-order valence-corrected chi connectivity index (χ2v) is 4.80. The second-order valence-electron chi connectivity index (χ2n) is 3.16. The summed E-state index contributed by atoms with van der Waals surface area (Å²) in [7, 11) is 0. The standard InChI is InChI=1S/C10H20O3S/c1-4-6-9(10(12)13-5-2)14-8(3)7-11/h8-9,11H,4-7H2,1-3H3. The van der Waals surface area contributed by atoms with E-state index in [1.165, 1.54) is 11.8 Å². The Bertz CT molecular complexity index is 161. The number of hydrogen-bond donors (Lipinski definition) is 1. The molecule has 0 aromatic rings. The monoisotopic (exact) mass is 220 g/mol. The molecule has 0 aliphatic rings. The fourth-order valence-electron chi connectivity index (χ4n) is 1.06. The maximum atomic E-state index is 11.5. The summed E-state index contributed by atoms with van der Waals surface area (Å²) in [6.07, 6.45) is 1.77. The topological polar surface area (TPSA) is 46.5 Å². The van der Waals surface area contributed by atoms with E-state index >= 15 is 0 Å². The summed E-state index contributed by atoms with van der Waals surface area (Å²) in [5.41, 5.74) is 0. The first-order chi connectivity index (χ1) is 6.65. The quantitative estimate of drug-likeness (QED) is 0.665. The van der Waals surface area contributed by atoms with Gasteiger partial charge < -0.3 is 9.84 Å².